The molecule has 106 valence electrons. The zero-order chi connectivity index (χ0) is 14.1. The minimum absolute atomic E-state index is 0.269. The Kier molecular flexibility index (Phi) is 6.97. The van der Waals surface area contributed by atoms with Gasteiger partial charge in [0, 0.05) is 12.5 Å². The van der Waals surface area contributed by atoms with Crippen LogP contribution in [0.2, 0.25) is 0 Å². The summed E-state index contributed by atoms with van der Waals surface area (Å²) in [5.41, 5.74) is 1.20. The number of ether oxygens (including phenoxy) is 1. The van der Waals surface area contributed by atoms with E-state index in [9.17, 15) is 4.79 Å². The van der Waals surface area contributed by atoms with E-state index in [1.54, 1.807) is 7.11 Å². The Morgan fingerprint density at radius 3 is 2.84 bits per heavy atom. The van der Waals surface area contributed by atoms with Gasteiger partial charge in [-0.3, -0.25) is 4.79 Å². The van der Waals surface area contributed by atoms with Crippen molar-refractivity contribution < 1.29 is 14.6 Å². The fourth-order valence-corrected chi connectivity index (χ4v) is 1.93. The van der Waals surface area contributed by atoms with Crippen LogP contribution in [0.4, 0.5) is 0 Å². The van der Waals surface area contributed by atoms with Crippen molar-refractivity contribution >= 4 is 5.97 Å². The van der Waals surface area contributed by atoms with E-state index in [-0.39, 0.29) is 12.5 Å². The van der Waals surface area contributed by atoms with E-state index < -0.39 is 5.97 Å². The van der Waals surface area contributed by atoms with Crippen LogP contribution in [-0.4, -0.2) is 24.7 Å². The van der Waals surface area contributed by atoms with E-state index in [0.29, 0.717) is 0 Å². The first-order valence-electron chi connectivity index (χ1n) is 6.72. The lowest BCUT2D eigenvalue weighted by Gasteiger charge is -2.15. The Morgan fingerprint density at radius 1 is 1.37 bits per heavy atom. The third kappa shape index (κ3) is 6.25. The molecule has 0 amide bonds. The zero-order valence-electron chi connectivity index (χ0n) is 11.7. The molecule has 0 heterocycles. The first-order chi connectivity index (χ1) is 9.13. The summed E-state index contributed by atoms with van der Waals surface area (Å²) in [6.45, 7) is 3.02. The quantitative estimate of drug-likeness (QED) is 0.674. The number of hydrogen-bond donors (Lipinski definition) is 2. The number of carboxylic acid groups (broad SMARTS) is 1. The van der Waals surface area contributed by atoms with Crippen molar-refractivity contribution in [3.63, 3.8) is 0 Å². The maximum absolute atomic E-state index is 10.4. The molecule has 4 heteroatoms. The maximum Gasteiger partial charge on any atom is 0.303 e. The van der Waals surface area contributed by atoms with Gasteiger partial charge in [-0.1, -0.05) is 18.6 Å². The van der Waals surface area contributed by atoms with Crippen LogP contribution in [0.25, 0.3) is 0 Å². The molecule has 0 fully saturated rings. The predicted octanol–water partition coefficient (Wildman–Crippen LogP) is 2.99. The van der Waals surface area contributed by atoms with Gasteiger partial charge in [0.25, 0.3) is 0 Å². The van der Waals surface area contributed by atoms with Crippen LogP contribution in [0.3, 0.4) is 0 Å². The molecule has 0 aliphatic heterocycles. The largest absolute Gasteiger partial charge is 0.497 e. The highest BCUT2D eigenvalue weighted by Crippen LogP contribution is 2.18. The number of carboxylic acids is 1. The first-order valence-corrected chi connectivity index (χ1v) is 6.72. The topological polar surface area (TPSA) is 58.6 Å². The molecule has 19 heavy (non-hydrogen) atoms. The van der Waals surface area contributed by atoms with Crippen LogP contribution in [0.1, 0.15) is 44.2 Å². The summed E-state index contributed by atoms with van der Waals surface area (Å²) in [6, 6.07) is 8.29. The molecule has 2 N–H and O–H groups in total. The van der Waals surface area contributed by atoms with Crippen molar-refractivity contribution in [2.75, 3.05) is 13.7 Å². The molecule has 1 rings (SSSR count). The highest BCUT2D eigenvalue weighted by atomic mass is 16.5. The second-order valence-electron chi connectivity index (χ2n) is 4.66. The highest BCUT2D eigenvalue weighted by Gasteiger charge is 2.05. The molecule has 1 atom stereocenters. The number of benzene rings is 1. The zero-order valence-corrected chi connectivity index (χ0v) is 11.7. The summed E-state index contributed by atoms with van der Waals surface area (Å²) < 4.78 is 5.20. The Bertz CT molecular complexity index is 393. The fourth-order valence-electron chi connectivity index (χ4n) is 1.93. The third-order valence-electron chi connectivity index (χ3n) is 3.11. The summed E-state index contributed by atoms with van der Waals surface area (Å²) in [5, 5.41) is 12.0. The number of carbonyl (C=O) groups is 1. The smallest absolute Gasteiger partial charge is 0.303 e. The molecule has 0 unspecified atom stereocenters. The molecule has 0 saturated heterocycles. The van der Waals surface area contributed by atoms with Crippen molar-refractivity contribution in [1.82, 2.24) is 5.32 Å². The standard InChI is InChI=1S/C15H23NO3/c1-12(13-7-6-8-14(11-13)19-2)16-10-5-3-4-9-15(17)18/h6-8,11-12,16H,3-5,9-10H2,1-2H3,(H,17,18)/t12-/m0/s1. The van der Waals surface area contributed by atoms with Gasteiger partial charge >= 0.3 is 5.97 Å². The molecule has 0 aliphatic carbocycles. The van der Waals surface area contributed by atoms with E-state index in [1.807, 2.05) is 18.2 Å². The minimum Gasteiger partial charge on any atom is -0.497 e. The van der Waals surface area contributed by atoms with Crippen molar-refractivity contribution in [3.05, 3.63) is 29.8 Å². The fraction of sp³-hybridized carbons (Fsp3) is 0.533. The summed E-state index contributed by atoms with van der Waals surface area (Å²) in [4.78, 5) is 10.4. The van der Waals surface area contributed by atoms with Gasteiger partial charge in [-0.2, -0.15) is 0 Å². The minimum atomic E-state index is -0.710. The summed E-state index contributed by atoms with van der Waals surface area (Å²) >= 11 is 0. The second-order valence-corrected chi connectivity index (χ2v) is 4.66. The van der Waals surface area contributed by atoms with Gasteiger partial charge in [0.1, 0.15) is 5.75 Å². The molecule has 1 aromatic carbocycles. The van der Waals surface area contributed by atoms with Crippen LogP contribution in [-0.2, 0) is 4.79 Å². The second kappa shape index (κ2) is 8.53. The van der Waals surface area contributed by atoms with Crippen LogP contribution < -0.4 is 10.1 Å². The molecule has 0 aliphatic rings. The Balaban J connectivity index is 2.23. The van der Waals surface area contributed by atoms with Crippen molar-refractivity contribution in [1.29, 1.82) is 0 Å². The van der Waals surface area contributed by atoms with Crippen LogP contribution in [0, 0.1) is 0 Å². The van der Waals surface area contributed by atoms with E-state index >= 15 is 0 Å². The van der Waals surface area contributed by atoms with Gasteiger partial charge in [0.15, 0.2) is 0 Å². The molecule has 0 saturated carbocycles. The first kappa shape index (κ1) is 15.5. The molecule has 1 aromatic rings. The molecule has 0 aromatic heterocycles. The van der Waals surface area contributed by atoms with Gasteiger partial charge in [0.05, 0.1) is 7.11 Å². The van der Waals surface area contributed by atoms with E-state index in [2.05, 4.69) is 18.3 Å². The Hall–Kier alpha value is -1.55. The number of unbranched alkanes of at least 4 members (excludes halogenated alkanes) is 2. The average Bonchev–Trinajstić information content (AvgIpc) is 2.42. The highest BCUT2D eigenvalue weighted by molar-refractivity contribution is 5.66. The Morgan fingerprint density at radius 2 is 2.16 bits per heavy atom. The summed E-state index contributed by atoms with van der Waals surface area (Å²) in [6.07, 6.45) is 2.97. The predicted molar refractivity (Wildman–Crippen MR) is 75.5 cm³/mol. The SMILES string of the molecule is COc1cccc([C@H](C)NCCCCCC(=O)O)c1. The van der Waals surface area contributed by atoms with Crippen molar-refractivity contribution in [3.8, 4) is 5.75 Å². The van der Waals surface area contributed by atoms with E-state index in [4.69, 9.17) is 9.84 Å². The van der Waals surface area contributed by atoms with Gasteiger partial charge in [-0.15, -0.1) is 0 Å². The van der Waals surface area contributed by atoms with Crippen molar-refractivity contribution in [2.45, 2.75) is 38.6 Å². The molecule has 0 spiro atoms. The van der Waals surface area contributed by atoms with Gasteiger partial charge < -0.3 is 15.2 Å². The van der Waals surface area contributed by atoms with Crippen LogP contribution in [0.15, 0.2) is 24.3 Å². The lowest BCUT2D eigenvalue weighted by Crippen LogP contribution is -2.19. The van der Waals surface area contributed by atoms with Gasteiger partial charge in [-0.25, -0.2) is 0 Å². The van der Waals surface area contributed by atoms with E-state index in [1.165, 1.54) is 5.56 Å². The number of rotatable bonds is 9. The summed E-state index contributed by atoms with van der Waals surface area (Å²) in [7, 11) is 1.67. The maximum atomic E-state index is 10.4. The van der Waals surface area contributed by atoms with Crippen LogP contribution in [0.5, 0.6) is 5.75 Å². The number of hydrogen-bond acceptors (Lipinski definition) is 3. The average molecular weight is 265 g/mol. The lowest BCUT2D eigenvalue weighted by molar-refractivity contribution is -0.137. The number of methoxy groups -OCH3 is 1. The van der Waals surface area contributed by atoms with Crippen LogP contribution >= 0.6 is 0 Å². The molecule has 0 radical (unpaired) electrons. The number of nitrogens with one attached hydrogen (secondary N) is 1. The van der Waals surface area contributed by atoms with Gasteiger partial charge in [-0.05, 0) is 44.0 Å². The van der Waals surface area contributed by atoms with E-state index in [0.717, 1.165) is 31.6 Å². The molecule has 0 bridgehead atoms. The van der Waals surface area contributed by atoms with Crippen molar-refractivity contribution in [2.24, 2.45) is 0 Å². The number of aliphatic carboxylic acids is 1. The Labute approximate surface area is 114 Å². The molecular weight excluding hydrogens is 242 g/mol. The normalized spacial score (nSPS) is 12.1. The lowest BCUT2D eigenvalue weighted by atomic mass is 10.1. The monoisotopic (exact) mass is 265 g/mol. The summed E-state index contributed by atoms with van der Waals surface area (Å²) in [5.74, 6) is 0.158. The molecular formula is C15H23NO3. The third-order valence-corrected chi connectivity index (χ3v) is 3.11. The van der Waals surface area contributed by atoms with Gasteiger partial charge in [0.2, 0.25) is 0 Å². The molecule has 4 nitrogen and oxygen atoms in total.